The van der Waals surface area contributed by atoms with E-state index in [1.807, 2.05) is 0 Å². The molecule has 0 bridgehead atoms. The predicted molar refractivity (Wildman–Crippen MR) is 118 cm³/mol. The number of hydrogen-bond acceptors (Lipinski definition) is 5. The Morgan fingerprint density at radius 3 is 2.52 bits per heavy atom. The maximum atomic E-state index is 13.1. The maximum absolute atomic E-state index is 13.1. The highest BCUT2D eigenvalue weighted by molar-refractivity contribution is 6.51. The van der Waals surface area contributed by atoms with Crippen molar-refractivity contribution >= 4 is 46.5 Å². The second kappa shape index (κ2) is 8.41. The number of amides is 1. The molecule has 0 spiro atoms. The molecule has 1 N–H and O–H groups in total. The molecule has 1 atom stereocenters. The van der Waals surface area contributed by atoms with E-state index in [1.165, 1.54) is 24.3 Å². The van der Waals surface area contributed by atoms with Gasteiger partial charge in [0, 0.05) is 16.8 Å². The molecule has 3 aromatic rings. The van der Waals surface area contributed by atoms with Crippen molar-refractivity contribution in [2.75, 3.05) is 12.0 Å². The summed E-state index contributed by atoms with van der Waals surface area (Å²) in [6, 6.07) is 15.5. The molecule has 0 saturated carbocycles. The van der Waals surface area contributed by atoms with Crippen molar-refractivity contribution in [1.29, 1.82) is 0 Å². The van der Waals surface area contributed by atoms with Crippen LogP contribution in [0.15, 0.2) is 72.4 Å². The number of aliphatic hydroxyl groups is 1. The third-order valence-corrected chi connectivity index (χ3v) is 5.46. The molecule has 0 radical (unpaired) electrons. The Bertz CT molecular complexity index is 1210. The average molecular weight is 455 g/mol. The highest BCUT2D eigenvalue weighted by atomic mass is 35.5. The van der Waals surface area contributed by atoms with E-state index in [-0.39, 0.29) is 27.7 Å². The van der Waals surface area contributed by atoms with Gasteiger partial charge in [0.25, 0.3) is 5.78 Å². The number of hydrogen-bond donors (Lipinski definition) is 1. The number of methoxy groups -OCH3 is 1. The summed E-state index contributed by atoms with van der Waals surface area (Å²) in [7, 11) is 1.47. The molecule has 1 saturated heterocycles. The lowest BCUT2D eigenvalue weighted by molar-refractivity contribution is -0.132. The number of carbonyl (C=O) groups excluding carboxylic acids is 2. The van der Waals surface area contributed by atoms with E-state index in [4.69, 9.17) is 27.9 Å². The molecule has 1 aliphatic heterocycles. The van der Waals surface area contributed by atoms with E-state index < -0.39 is 17.7 Å². The monoisotopic (exact) mass is 454 g/mol. The summed E-state index contributed by atoms with van der Waals surface area (Å²) in [5.41, 5.74) is 0.745. The fourth-order valence-corrected chi connectivity index (χ4v) is 3.98. The van der Waals surface area contributed by atoms with E-state index in [2.05, 4.69) is 4.98 Å². The number of rotatable bonds is 4. The van der Waals surface area contributed by atoms with Gasteiger partial charge in [-0.25, -0.2) is 4.98 Å². The van der Waals surface area contributed by atoms with Crippen LogP contribution in [0.1, 0.15) is 17.2 Å². The van der Waals surface area contributed by atoms with Gasteiger partial charge in [-0.2, -0.15) is 0 Å². The van der Waals surface area contributed by atoms with Crippen LogP contribution in [-0.4, -0.2) is 28.9 Å². The number of aliphatic hydroxyl groups excluding tert-OH is 1. The summed E-state index contributed by atoms with van der Waals surface area (Å²) in [5.74, 6) is -1.30. The number of halogens is 2. The quantitative estimate of drug-likeness (QED) is 0.340. The van der Waals surface area contributed by atoms with Crippen molar-refractivity contribution < 1.29 is 19.4 Å². The summed E-state index contributed by atoms with van der Waals surface area (Å²) >= 11 is 12.4. The van der Waals surface area contributed by atoms with Gasteiger partial charge in [-0.3, -0.25) is 14.5 Å². The smallest absolute Gasteiger partial charge is 0.301 e. The van der Waals surface area contributed by atoms with Gasteiger partial charge in [0.05, 0.1) is 23.7 Å². The fraction of sp³-hybridized carbons (Fsp3) is 0.0870. The molecule has 6 nitrogen and oxygen atoms in total. The van der Waals surface area contributed by atoms with Crippen molar-refractivity contribution in [3.63, 3.8) is 0 Å². The topological polar surface area (TPSA) is 79.7 Å². The van der Waals surface area contributed by atoms with Crippen LogP contribution < -0.4 is 9.64 Å². The van der Waals surface area contributed by atoms with Gasteiger partial charge in [0.15, 0.2) is 0 Å². The van der Waals surface area contributed by atoms with E-state index in [0.717, 1.165) is 0 Å². The average Bonchev–Trinajstić information content (AvgIpc) is 3.04. The lowest BCUT2D eigenvalue weighted by Gasteiger charge is -2.24. The van der Waals surface area contributed by atoms with E-state index in [0.29, 0.717) is 16.3 Å². The zero-order valence-corrected chi connectivity index (χ0v) is 17.8. The van der Waals surface area contributed by atoms with Gasteiger partial charge in [-0.1, -0.05) is 41.4 Å². The zero-order valence-electron chi connectivity index (χ0n) is 16.3. The molecule has 1 amide bonds. The van der Waals surface area contributed by atoms with E-state index in [9.17, 15) is 14.7 Å². The molecule has 1 unspecified atom stereocenters. The first kappa shape index (κ1) is 20.9. The second-order valence-corrected chi connectivity index (χ2v) is 7.61. The molecule has 2 heterocycles. The van der Waals surface area contributed by atoms with Crippen LogP contribution in [0.2, 0.25) is 10.0 Å². The van der Waals surface area contributed by atoms with E-state index in [1.54, 1.807) is 54.6 Å². The number of anilines is 1. The lowest BCUT2D eigenvalue weighted by Crippen LogP contribution is -2.30. The number of benzene rings is 2. The summed E-state index contributed by atoms with van der Waals surface area (Å²) in [6.07, 6.45) is 1.52. The second-order valence-electron chi connectivity index (χ2n) is 6.76. The standard InChI is InChI=1S/C23H16Cl2N2O4/c1-31-17-9-8-14(12-16(17)25)21(28)19-20(13-5-4-6-15(24)11-13)27(23(30)22(19)29)18-7-2-3-10-26-18/h2-12,20,28H,1H3/b21-19+. The Morgan fingerprint density at radius 2 is 1.87 bits per heavy atom. The normalized spacial score (nSPS) is 17.8. The number of carbonyl (C=O) groups is 2. The van der Waals surface area contributed by atoms with Crippen molar-refractivity contribution in [1.82, 2.24) is 4.98 Å². The molecular formula is C23H16Cl2N2O4. The van der Waals surface area contributed by atoms with Crippen molar-refractivity contribution in [3.8, 4) is 5.75 Å². The Hall–Kier alpha value is -3.35. The number of pyridine rings is 1. The number of nitrogens with zero attached hydrogens (tertiary/aromatic N) is 2. The molecule has 156 valence electrons. The van der Waals surface area contributed by atoms with Crippen LogP contribution in [-0.2, 0) is 9.59 Å². The molecule has 8 heteroatoms. The molecule has 31 heavy (non-hydrogen) atoms. The maximum Gasteiger partial charge on any atom is 0.301 e. The number of ether oxygens (including phenoxy) is 1. The minimum Gasteiger partial charge on any atom is -0.507 e. The van der Waals surface area contributed by atoms with Gasteiger partial charge in [0.1, 0.15) is 17.3 Å². The van der Waals surface area contributed by atoms with Crippen LogP contribution in [0.3, 0.4) is 0 Å². The van der Waals surface area contributed by atoms with Crippen molar-refractivity contribution in [2.45, 2.75) is 6.04 Å². The SMILES string of the molecule is COc1ccc(/C(O)=C2\C(=O)C(=O)N(c3ccccn3)C2c2cccc(Cl)c2)cc1Cl. The van der Waals surface area contributed by atoms with Crippen LogP contribution in [0.4, 0.5) is 5.82 Å². The summed E-state index contributed by atoms with van der Waals surface area (Å²) in [5, 5.41) is 11.8. The first-order valence-corrected chi connectivity index (χ1v) is 9.99. The van der Waals surface area contributed by atoms with Gasteiger partial charge in [-0.05, 0) is 48.0 Å². The van der Waals surface area contributed by atoms with Gasteiger partial charge in [-0.15, -0.1) is 0 Å². The Kier molecular flexibility index (Phi) is 5.67. The minimum atomic E-state index is -0.922. The molecular weight excluding hydrogens is 439 g/mol. The van der Waals surface area contributed by atoms with Crippen molar-refractivity contribution in [3.05, 3.63) is 93.6 Å². The molecule has 1 aliphatic rings. The predicted octanol–water partition coefficient (Wildman–Crippen LogP) is 5.02. The van der Waals surface area contributed by atoms with Gasteiger partial charge in [0.2, 0.25) is 0 Å². The van der Waals surface area contributed by atoms with Gasteiger partial charge < -0.3 is 9.84 Å². The summed E-state index contributed by atoms with van der Waals surface area (Å²) in [6.45, 7) is 0. The zero-order chi connectivity index (χ0) is 22.1. The van der Waals surface area contributed by atoms with E-state index >= 15 is 0 Å². The van der Waals surface area contributed by atoms with Gasteiger partial charge >= 0.3 is 5.91 Å². The first-order chi connectivity index (χ1) is 14.9. The number of aromatic nitrogens is 1. The molecule has 1 aromatic heterocycles. The highest BCUT2D eigenvalue weighted by Gasteiger charge is 2.47. The molecule has 1 fully saturated rings. The van der Waals surface area contributed by atoms with Crippen LogP contribution in [0.5, 0.6) is 5.75 Å². The lowest BCUT2D eigenvalue weighted by atomic mass is 9.95. The number of ketones is 1. The molecule has 0 aliphatic carbocycles. The third-order valence-electron chi connectivity index (χ3n) is 4.93. The number of Topliss-reactive ketones (excluding diaryl/α,β-unsaturated/α-hetero) is 1. The largest absolute Gasteiger partial charge is 0.507 e. The third kappa shape index (κ3) is 3.76. The highest BCUT2D eigenvalue weighted by Crippen LogP contribution is 2.42. The molecule has 2 aromatic carbocycles. The minimum absolute atomic E-state index is 0.0841. The van der Waals surface area contributed by atoms with Crippen LogP contribution >= 0.6 is 23.2 Å². The fourth-order valence-electron chi connectivity index (χ4n) is 3.53. The van der Waals surface area contributed by atoms with Crippen molar-refractivity contribution in [2.24, 2.45) is 0 Å². The molecule has 4 rings (SSSR count). The summed E-state index contributed by atoms with van der Waals surface area (Å²) in [4.78, 5) is 31.5. The Morgan fingerprint density at radius 1 is 1.06 bits per heavy atom. The Balaban J connectivity index is 1.94. The Labute approximate surface area is 188 Å². The van der Waals surface area contributed by atoms with Crippen LogP contribution in [0, 0.1) is 0 Å². The summed E-state index contributed by atoms with van der Waals surface area (Å²) < 4.78 is 5.14. The van der Waals surface area contributed by atoms with Crippen LogP contribution in [0.25, 0.3) is 5.76 Å². The first-order valence-electron chi connectivity index (χ1n) is 9.23.